The average Bonchev–Trinajstić information content (AvgIpc) is 3.50. The Morgan fingerprint density at radius 2 is 0.935 bits per heavy atom. The summed E-state index contributed by atoms with van der Waals surface area (Å²) >= 11 is 1.89. The van der Waals surface area contributed by atoms with Gasteiger partial charge in [0.25, 0.3) is 0 Å². The van der Waals surface area contributed by atoms with Crippen LogP contribution >= 0.6 is 11.3 Å². The first-order chi connectivity index (χ1) is 22.8. The summed E-state index contributed by atoms with van der Waals surface area (Å²) in [5.41, 5.74) is 8.39. The Kier molecular flexibility index (Phi) is 6.40. The number of thiophene rings is 1. The van der Waals surface area contributed by atoms with Gasteiger partial charge >= 0.3 is 0 Å². The van der Waals surface area contributed by atoms with Gasteiger partial charge in [-0.2, -0.15) is 0 Å². The first kappa shape index (κ1) is 26.7. The minimum absolute atomic E-state index is 1.12. The highest BCUT2D eigenvalue weighted by Crippen LogP contribution is 2.45. The quantitative estimate of drug-likeness (QED) is 0.189. The maximum absolute atomic E-state index is 2.36. The second kappa shape index (κ2) is 11.0. The summed E-state index contributed by atoms with van der Waals surface area (Å²) in [6, 6.07) is 63.8. The number of para-hydroxylation sites is 1. The van der Waals surface area contributed by atoms with Crippen molar-refractivity contribution in [2.45, 2.75) is 0 Å². The molecule has 0 fully saturated rings. The predicted molar refractivity (Wildman–Crippen MR) is 200 cm³/mol. The number of rotatable bonds is 5. The second-order valence-electron chi connectivity index (χ2n) is 11.7. The van der Waals surface area contributed by atoms with Crippen LogP contribution in [0.3, 0.4) is 0 Å². The van der Waals surface area contributed by atoms with Crippen LogP contribution in [0.5, 0.6) is 0 Å². The zero-order valence-electron chi connectivity index (χ0n) is 25.1. The van der Waals surface area contributed by atoms with Crippen LogP contribution in [0.25, 0.3) is 64.0 Å². The Hall–Kier alpha value is -5.70. The van der Waals surface area contributed by atoms with Crippen molar-refractivity contribution in [2.24, 2.45) is 0 Å². The van der Waals surface area contributed by atoms with Crippen LogP contribution in [0.15, 0.2) is 176 Å². The third-order valence-corrected chi connectivity index (χ3v) is 10.2. The third-order valence-electron chi connectivity index (χ3n) is 9.05. The van der Waals surface area contributed by atoms with E-state index in [0.717, 1.165) is 17.1 Å². The highest BCUT2D eigenvalue weighted by Gasteiger charge is 2.17. The van der Waals surface area contributed by atoms with E-state index in [0.29, 0.717) is 0 Å². The topological polar surface area (TPSA) is 3.24 Å². The van der Waals surface area contributed by atoms with Gasteiger partial charge in [0.1, 0.15) is 0 Å². The monoisotopic (exact) mass is 603 g/mol. The molecule has 0 aliphatic rings. The molecule has 9 rings (SSSR count). The van der Waals surface area contributed by atoms with E-state index in [9.17, 15) is 0 Å². The van der Waals surface area contributed by atoms with Crippen LogP contribution in [0.4, 0.5) is 17.1 Å². The van der Waals surface area contributed by atoms with Gasteiger partial charge in [-0.15, -0.1) is 11.3 Å². The summed E-state index contributed by atoms with van der Waals surface area (Å²) in [6.45, 7) is 0. The molecule has 1 aromatic heterocycles. The first-order valence-corrected chi connectivity index (χ1v) is 16.5. The number of hydrogen-bond acceptors (Lipinski definition) is 2. The van der Waals surface area contributed by atoms with Gasteiger partial charge in [-0.05, 0) is 86.8 Å². The molecular weight excluding hydrogens is 575 g/mol. The van der Waals surface area contributed by atoms with Crippen molar-refractivity contribution < 1.29 is 0 Å². The van der Waals surface area contributed by atoms with Crippen molar-refractivity contribution in [1.29, 1.82) is 0 Å². The molecule has 1 nitrogen and oxygen atoms in total. The Morgan fingerprint density at radius 3 is 1.70 bits per heavy atom. The SMILES string of the molecule is c1ccc(N(c2ccc(-c3cccc4ccccc34)cc2)c2ccc(-c3c4ccccc4cc4c3sc3ccccc34)cc2)cc1. The smallest absolute Gasteiger partial charge is 0.0462 e. The standard InChI is InChI=1S/C44H29NS/c1-2-14-34(15-3-1)45(35-25-21-31(22-26-35)38-19-10-13-30-11-4-6-16-37(30)38)36-27-23-32(24-28-36)43-39-17-7-5-12-33(39)29-41-40-18-8-9-20-42(40)46-44(41)43/h1-29H. The molecule has 2 heteroatoms. The molecule has 0 aliphatic heterocycles. The van der Waals surface area contributed by atoms with Gasteiger partial charge in [-0.25, -0.2) is 0 Å². The van der Waals surface area contributed by atoms with Crippen LogP contribution in [0.1, 0.15) is 0 Å². The van der Waals surface area contributed by atoms with E-state index in [1.807, 2.05) is 11.3 Å². The largest absolute Gasteiger partial charge is 0.311 e. The predicted octanol–water partition coefficient (Wildman–Crippen LogP) is 13.2. The number of fused-ring (bicyclic) bond motifs is 5. The Labute approximate surface area is 272 Å². The normalized spacial score (nSPS) is 11.5. The third kappa shape index (κ3) is 4.46. The summed E-state index contributed by atoms with van der Waals surface area (Å²) in [5.74, 6) is 0. The molecule has 0 atom stereocenters. The van der Waals surface area contributed by atoms with E-state index in [4.69, 9.17) is 0 Å². The lowest BCUT2D eigenvalue weighted by molar-refractivity contribution is 1.28. The van der Waals surface area contributed by atoms with E-state index >= 15 is 0 Å². The highest BCUT2D eigenvalue weighted by molar-refractivity contribution is 7.26. The van der Waals surface area contributed by atoms with E-state index in [1.54, 1.807) is 0 Å². The zero-order chi connectivity index (χ0) is 30.5. The fraction of sp³-hybridized carbons (Fsp3) is 0. The van der Waals surface area contributed by atoms with Gasteiger partial charge in [0.2, 0.25) is 0 Å². The summed E-state index contributed by atoms with van der Waals surface area (Å²) in [4.78, 5) is 2.34. The fourth-order valence-corrected chi connectivity index (χ4v) is 8.14. The molecule has 9 aromatic rings. The molecule has 216 valence electrons. The van der Waals surface area contributed by atoms with E-state index in [-0.39, 0.29) is 0 Å². The molecular formula is C44H29NS. The van der Waals surface area contributed by atoms with Gasteiger partial charge in [0.05, 0.1) is 0 Å². The Balaban J connectivity index is 1.16. The van der Waals surface area contributed by atoms with Crippen molar-refractivity contribution in [2.75, 3.05) is 4.90 Å². The Bertz CT molecular complexity index is 2500. The number of hydrogen-bond donors (Lipinski definition) is 0. The molecule has 0 unspecified atom stereocenters. The molecule has 0 radical (unpaired) electrons. The zero-order valence-corrected chi connectivity index (χ0v) is 25.9. The number of nitrogens with zero attached hydrogens (tertiary/aromatic N) is 1. The molecule has 0 amide bonds. The molecule has 1 heterocycles. The van der Waals surface area contributed by atoms with Crippen LogP contribution in [0, 0.1) is 0 Å². The molecule has 46 heavy (non-hydrogen) atoms. The second-order valence-corrected chi connectivity index (χ2v) is 12.8. The lowest BCUT2D eigenvalue weighted by Gasteiger charge is -2.26. The van der Waals surface area contributed by atoms with Gasteiger partial charge in [-0.1, -0.05) is 127 Å². The lowest BCUT2D eigenvalue weighted by atomic mass is 9.95. The van der Waals surface area contributed by atoms with Crippen LogP contribution in [-0.4, -0.2) is 0 Å². The highest BCUT2D eigenvalue weighted by atomic mass is 32.1. The minimum atomic E-state index is 1.12. The summed E-state index contributed by atoms with van der Waals surface area (Å²) in [6.07, 6.45) is 0. The van der Waals surface area contributed by atoms with Gasteiger partial charge < -0.3 is 4.90 Å². The number of benzene rings is 8. The maximum Gasteiger partial charge on any atom is 0.0462 e. The molecule has 0 spiro atoms. The average molecular weight is 604 g/mol. The fourth-order valence-electron chi connectivity index (χ4n) is 6.88. The van der Waals surface area contributed by atoms with Gasteiger partial charge in [0, 0.05) is 42.8 Å². The van der Waals surface area contributed by atoms with E-state index in [2.05, 4.69) is 181 Å². The van der Waals surface area contributed by atoms with Gasteiger partial charge in [0.15, 0.2) is 0 Å². The van der Waals surface area contributed by atoms with Crippen molar-refractivity contribution in [3.63, 3.8) is 0 Å². The van der Waals surface area contributed by atoms with Crippen molar-refractivity contribution in [3.8, 4) is 22.3 Å². The van der Waals surface area contributed by atoms with E-state index < -0.39 is 0 Å². The van der Waals surface area contributed by atoms with Crippen molar-refractivity contribution in [3.05, 3.63) is 176 Å². The molecule has 8 aromatic carbocycles. The first-order valence-electron chi connectivity index (χ1n) is 15.7. The molecule has 0 saturated heterocycles. The maximum atomic E-state index is 2.36. The van der Waals surface area contributed by atoms with Crippen LogP contribution in [0.2, 0.25) is 0 Å². The molecule has 0 saturated carbocycles. The summed E-state index contributed by atoms with van der Waals surface area (Å²) < 4.78 is 2.67. The van der Waals surface area contributed by atoms with Crippen LogP contribution < -0.4 is 4.90 Å². The van der Waals surface area contributed by atoms with Gasteiger partial charge in [-0.3, -0.25) is 0 Å². The van der Waals surface area contributed by atoms with Crippen LogP contribution in [-0.2, 0) is 0 Å². The molecule has 0 bridgehead atoms. The number of anilines is 3. The Morgan fingerprint density at radius 1 is 0.370 bits per heavy atom. The van der Waals surface area contributed by atoms with E-state index in [1.165, 1.54) is 64.0 Å². The van der Waals surface area contributed by atoms with Crippen molar-refractivity contribution >= 4 is 70.1 Å². The summed E-state index contributed by atoms with van der Waals surface area (Å²) in [5, 5.41) is 7.75. The molecule has 0 aliphatic carbocycles. The summed E-state index contributed by atoms with van der Waals surface area (Å²) in [7, 11) is 0. The minimum Gasteiger partial charge on any atom is -0.311 e. The van der Waals surface area contributed by atoms with Crippen molar-refractivity contribution in [1.82, 2.24) is 0 Å². The molecule has 0 N–H and O–H groups in total. The lowest BCUT2D eigenvalue weighted by Crippen LogP contribution is -2.09.